The molecule has 0 spiro atoms. The lowest BCUT2D eigenvalue weighted by Gasteiger charge is -2.33. The first kappa shape index (κ1) is 16.3. The van der Waals surface area contributed by atoms with Gasteiger partial charge in [-0.15, -0.1) is 0 Å². The van der Waals surface area contributed by atoms with Crippen LogP contribution in [0, 0.1) is 0 Å². The number of amides is 1. The fourth-order valence-electron chi connectivity index (χ4n) is 3.89. The molecule has 1 fully saturated rings. The topological polar surface area (TPSA) is 58.2 Å². The zero-order valence-corrected chi connectivity index (χ0v) is 14.5. The first-order valence-corrected chi connectivity index (χ1v) is 9.30. The Balaban J connectivity index is 1.35. The lowest BCUT2D eigenvalue weighted by Crippen LogP contribution is -2.42. The minimum atomic E-state index is -0.0166. The zero-order chi connectivity index (χ0) is 17.1. The summed E-state index contributed by atoms with van der Waals surface area (Å²) >= 11 is 0. The number of nitrogens with zero attached hydrogens (tertiary/aromatic N) is 2. The van der Waals surface area contributed by atoms with Gasteiger partial charge in [0.2, 0.25) is 5.91 Å². The average Bonchev–Trinajstić information content (AvgIpc) is 3.10. The van der Waals surface area contributed by atoms with Gasteiger partial charge in [-0.05, 0) is 36.8 Å². The van der Waals surface area contributed by atoms with Crippen LogP contribution in [0.15, 0.2) is 30.3 Å². The molecule has 1 aromatic heterocycles. The van der Waals surface area contributed by atoms with Crippen molar-refractivity contribution < 1.29 is 9.53 Å². The number of nitrogens with one attached hydrogen (secondary N) is 1. The third-order valence-corrected chi connectivity index (χ3v) is 5.31. The highest BCUT2D eigenvalue weighted by molar-refractivity contribution is 5.76. The van der Waals surface area contributed by atoms with E-state index in [-0.39, 0.29) is 12.0 Å². The highest BCUT2D eigenvalue weighted by Gasteiger charge is 2.25. The van der Waals surface area contributed by atoms with Gasteiger partial charge in [-0.1, -0.05) is 30.3 Å². The second-order valence-electron chi connectivity index (χ2n) is 6.94. The summed E-state index contributed by atoms with van der Waals surface area (Å²) in [6, 6.07) is 10.2. The van der Waals surface area contributed by atoms with Crippen LogP contribution in [0.4, 0.5) is 0 Å². The molecule has 0 radical (unpaired) electrons. The Morgan fingerprint density at radius 3 is 2.96 bits per heavy atom. The Morgan fingerprint density at radius 1 is 1.24 bits per heavy atom. The van der Waals surface area contributed by atoms with Crippen LogP contribution in [0.1, 0.15) is 47.9 Å². The largest absolute Gasteiger partial charge is 0.370 e. The number of H-pyrrole nitrogens is 1. The van der Waals surface area contributed by atoms with Crippen molar-refractivity contribution in [3.8, 4) is 0 Å². The lowest BCUT2D eigenvalue weighted by atomic mass is 9.94. The minimum absolute atomic E-state index is 0.0166. The molecule has 4 rings (SSSR count). The summed E-state index contributed by atoms with van der Waals surface area (Å²) in [6.07, 6.45) is 5.91. The number of fused-ring (bicyclic) bond motifs is 1. The summed E-state index contributed by atoms with van der Waals surface area (Å²) in [6.45, 7) is 1.92. The van der Waals surface area contributed by atoms with Gasteiger partial charge < -0.3 is 9.64 Å². The summed E-state index contributed by atoms with van der Waals surface area (Å²) in [5, 5.41) is 7.62. The molecule has 25 heavy (non-hydrogen) atoms. The van der Waals surface area contributed by atoms with Crippen LogP contribution in [-0.2, 0) is 28.8 Å². The van der Waals surface area contributed by atoms with Gasteiger partial charge in [0.05, 0.1) is 18.8 Å². The van der Waals surface area contributed by atoms with Gasteiger partial charge in [0.25, 0.3) is 0 Å². The smallest absolute Gasteiger partial charge is 0.223 e. The monoisotopic (exact) mass is 339 g/mol. The predicted molar refractivity (Wildman–Crippen MR) is 95.3 cm³/mol. The van der Waals surface area contributed by atoms with E-state index in [9.17, 15) is 4.79 Å². The molecule has 1 saturated heterocycles. The molecule has 132 valence electrons. The van der Waals surface area contributed by atoms with E-state index in [2.05, 4.69) is 22.3 Å². The van der Waals surface area contributed by atoms with Gasteiger partial charge in [0, 0.05) is 25.1 Å². The average molecular weight is 339 g/mol. The van der Waals surface area contributed by atoms with E-state index in [4.69, 9.17) is 4.74 Å². The normalized spacial score (nSPS) is 20.3. The SMILES string of the molecule is O=C(CCc1n[nH]c2c1CCCC2)N1CCOC(c2ccccc2)C1. The lowest BCUT2D eigenvalue weighted by molar-refractivity contribution is -0.139. The standard InChI is InChI=1S/C20H25N3O2/c24-20(11-10-18-16-8-4-5-9-17(16)21-22-18)23-12-13-25-19(14-23)15-6-2-1-3-7-15/h1-3,6-7,19H,4-5,8-14H2,(H,21,22). The molecule has 1 aromatic carbocycles. The molecule has 1 aliphatic carbocycles. The molecule has 0 bridgehead atoms. The molecule has 1 N–H and O–H groups in total. The van der Waals surface area contributed by atoms with Crippen molar-refractivity contribution in [2.24, 2.45) is 0 Å². The molecule has 5 heteroatoms. The summed E-state index contributed by atoms with van der Waals surface area (Å²) in [4.78, 5) is 14.6. The molecular formula is C20H25N3O2. The zero-order valence-electron chi connectivity index (χ0n) is 14.5. The molecule has 1 unspecified atom stereocenters. The molecule has 2 aliphatic rings. The van der Waals surface area contributed by atoms with E-state index < -0.39 is 0 Å². The Bertz CT molecular complexity index is 726. The van der Waals surface area contributed by atoms with Gasteiger partial charge in [0.15, 0.2) is 0 Å². The second-order valence-corrected chi connectivity index (χ2v) is 6.94. The first-order valence-electron chi connectivity index (χ1n) is 9.30. The molecule has 2 aromatic rings. The first-order chi connectivity index (χ1) is 12.3. The molecular weight excluding hydrogens is 314 g/mol. The van der Waals surface area contributed by atoms with Crippen molar-refractivity contribution in [2.45, 2.75) is 44.6 Å². The number of morpholine rings is 1. The van der Waals surface area contributed by atoms with Gasteiger partial charge in [-0.3, -0.25) is 9.89 Å². The number of aromatic amines is 1. The number of ether oxygens (including phenoxy) is 1. The highest BCUT2D eigenvalue weighted by Crippen LogP contribution is 2.25. The molecule has 5 nitrogen and oxygen atoms in total. The number of hydrogen-bond donors (Lipinski definition) is 1. The van der Waals surface area contributed by atoms with Gasteiger partial charge in [0.1, 0.15) is 6.10 Å². The third-order valence-electron chi connectivity index (χ3n) is 5.31. The fraction of sp³-hybridized carbons (Fsp3) is 0.500. The number of rotatable bonds is 4. The summed E-state index contributed by atoms with van der Waals surface area (Å²) in [7, 11) is 0. The highest BCUT2D eigenvalue weighted by atomic mass is 16.5. The van der Waals surface area contributed by atoms with Crippen molar-refractivity contribution in [3.63, 3.8) is 0 Å². The maximum Gasteiger partial charge on any atom is 0.223 e. The molecule has 0 saturated carbocycles. The van der Waals surface area contributed by atoms with Gasteiger partial charge in [-0.25, -0.2) is 0 Å². The Labute approximate surface area is 148 Å². The molecule has 1 aliphatic heterocycles. The summed E-state index contributed by atoms with van der Waals surface area (Å²) < 4.78 is 5.86. The third kappa shape index (κ3) is 3.61. The van der Waals surface area contributed by atoms with Crippen molar-refractivity contribution in [3.05, 3.63) is 52.8 Å². The van der Waals surface area contributed by atoms with Gasteiger partial charge >= 0.3 is 0 Å². The number of benzene rings is 1. The number of carbonyl (C=O) groups is 1. The Hall–Kier alpha value is -2.14. The number of hydrogen-bond acceptors (Lipinski definition) is 3. The molecule has 2 heterocycles. The van der Waals surface area contributed by atoms with Crippen LogP contribution >= 0.6 is 0 Å². The van der Waals surface area contributed by atoms with E-state index >= 15 is 0 Å². The van der Waals surface area contributed by atoms with E-state index in [1.54, 1.807) is 0 Å². The maximum absolute atomic E-state index is 12.7. The van der Waals surface area contributed by atoms with Crippen molar-refractivity contribution in [1.82, 2.24) is 15.1 Å². The number of aryl methyl sites for hydroxylation is 2. The van der Waals surface area contributed by atoms with E-state index in [1.165, 1.54) is 24.1 Å². The van der Waals surface area contributed by atoms with Crippen LogP contribution in [0.2, 0.25) is 0 Å². The van der Waals surface area contributed by atoms with Crippen LogP contribution in [-0.4, -0.2) is 40.7 Å². The molecule has 1 atom stereocenters. The van der Waals surface area contributed by atoms with E-state index in [0.717, 1.165) is 30.5 Å². The predicted octanol–water partition coefficient (Wildman–Crippen LogP) is 2.82. The Morgan fingerprint density at radius 2 is 2.08 bits per heavy atom. The van der Waals surface area contributed by atoms with Crippen LogP contribution in [0.5, 0.6) is 0 Å². The van der Waals surface area contributed by atoms with E-state index in [1.807, 2.05) is 23.1 Å². The van der Waals surface area contributed by atoms with Crippen molar-refractivity contribution in [2.75, 3.05) is 19.7 Å². The summed E-state index contributed by atoms with van der Waals surface area (Å²) in [5.74, 6) is 0.205. The number of carbonyl (C=O) groups excluding carboxylic acids is 1. The minimum Gasteiger partial charge on any atom is -0.370 e. The van der Waals surface area contributed by atoms with Crippen molar-refractivity contribution >= 4 is 5.91 Å². The van der Waals surface area contributed by atoms with Crippen molar-refractivity contribution in [1.29, 1.82) is 0 Å². The maximum atomic E-state index is 12.7. The Kier molecular flexibility index (Phi) is 4.83. The van der Waals surface area contributed by atoms with Crippen LogP contribution in [0.3, 0.4) is 0 Å². The van der Waals surface area contributed by atoms with Crippen LogP contribution < -0.4 is 0 Å². The quantitative estimate of drug-likeness (QED) is 0.932. The number of aromatic nitrogens is 2. The fourth-order valence-corrected chi connectivity index (χ4v) is 3.89. The van der Waals surface area contributed by atoms with Gasteiger partial charge in [-0.2, -0.15) is 5.10 Å². The summed E-state index contributed by atoms with van der Waals surface area (Å²) in [5.41, 5.74) is 4.88. The molecule has 1 amide bonds. The van der Waals surface area contributed by atoms with E-state index in [0.29, 0.717) is 26.1 Å². The second kappa shape index (κ2) is 7.40. The van der Waals surface area contributed by atoms with Crippen LogP contribution in [0.25, 0.3) is 0 Å².